The number of hydrogen-bond acceptors (Lipinski definition) is 12. The van der Waals surface area contributed by atoms with Crippen LogP contribution in [0.15, 0.2) is 12.7 Å². The first-order chi connectivity index (χ1) is 24.6. The van der Waals surface area contributed by atoms with E-state index in [9.17, 15) is 44.4 Å². The third kappa shape index (κ3) is 8.19. The summed E-state index contributed by atoms with van der Waals surface area (Å²) in [7, 11) is 0. The molecule has 14 nitrogen and oxygen atoms in total. The molecular weight excluding hydrogens is 670 g/mol. The summed E-state index contributed by atoms with van der Waals surface area (Å²) in [5.74, 6) is -8.27. The van der Waals surface area contributed by atoms with Gasteiger partial charge < -0.3 is 66.2 Å². The standard InChI is InChI=1S/C38H60N5O9/c1-7-20-16(3)24-12-26-18(5)22(9-10-32(45)46)35(42-26)23(11-31(44)41-30(37(49)50)15-33(47)48)36-34(38(51)52)19(6)27(43-36)14-29-21(8-2)17(4)25(40-29)13-28(20)39-24/h7,16-30,34-36,40,42-43H,1,8-15H2,2-6H3,(H,41,44)(H,45,46)(H,47,48)(H,49,50)(H,51,52)/q-1/p-4/t16?,17?,18-,19?,20?,21?,22-,23?,24?,25?,26?,27?,28?,29?,30-,34?,35?,36?/m0/s1. The lowest BCUT2D eigenvalue weighted by Crippen LogP contribution is -2.55. The van der Waals surface area contributed by atoms with Crippen LogP contribution in [0.4, 0.5) is 0 Å². The van der Waals surface area contributed by atoms with Gasteiger partial charge in [-0.25, -0.2) is 0 Å². The molecule has 15 unspecified atom stereocenters. The number of fused-ring (bicyclic) bond motifs is 8. The zero-order valence-electron chi connectivity index (χ0n) is 31.0. The van der Waals surface area contributed by atoms with E-state index in [1.54, 1.807) is 0 Å². The lowest BCUT2D eigenvalue weighted by molar-refractivity contribution is -0.317. The monoisotopic (exact) mass is 726 g/mol. The number of aliphatic carboxylic acids is 4. The summed E-state index contributed by atoms with van der Waals surface area (Å²) in [6, 6.07) is -3.28. The van der Waals surface area contributed by atoms with Crippen molar-refractivity contribution >= 4 is 29.8 Å². The summed E-state index contributed by atoms with van der Waals surface area (Å²) in [6.07, 6.45) is 3.72. The van der Waals surface area contributed by atoms with Crippen molar-refractivity contribution in [3.63, 3.8) is 0 Å². The zero-order chi connectivity index (χ0) is 38.2. The van der Waals surface area contributed by atoms with Gasteiger partial charge in [-0.3, -0.25) is 4.79 Å². The van der Waals surface area contributed by atoms with Crippen LogP contribution in [-0.2, 0) is 24.0 Å². The highest BCUT2D eigenvalue weighted by molar-refractivity contribution is 5.85. The highest BCUT2D eigenvalue weighted by Gasteiger charge is 2.53. The van der Waals surface area contributed by atoms with Gasteiger partial charge in [0, 0.05) is 72.9 Å². The Morgan fingerprint density at radius 2 is 1.38 bits per heavy atom. The molecule has 0 aromatic heterocycles. The first-order valence-corrected chi connectivity index (χ1v) is 19.3. The second-order valence-corrected chi connectivity index (χ2v) is 16.6. The Labute approximate surface area is 306 Å². The second kappa shape index (κ2) is 16.5. The Bertz CT molecular complexity index is 1360. The van der Waals surface area contributed by atoms with E-state index in [1.807, 2.05) is 19.9 Å². The van der Waals surface area contributed by atoms with E-state index in [0.717, 1.165) is 12.8 Å². The molecule has 5 aliphatic heterocycles. The van der Waals surface area contributed by atoms with E-state index < -0.39 is 72.1 Å². The SMILES string of the molecule is C=CC1C2CC3NC(CC4NC(C(CC(=O)N[C@@H](CC(=O)[O-])C(=O)[O-])C5NC(CC([N-]2)C1C)[C@@H](C)[C@@H]5CCC(=O)[O-])C(C(=O)[O-])C4C)C(CC)C3C. The predicted molar refractivity (Wildman–Crippen MR) is 182 cm³/mol. The number of nitrogens with one attached hydrogen (secondary N) is 4. The molecule has 0 radical (unpaired) electrons. The molecule has 14 heteroatoms. The van der Waals surface area contributed by atoms with Crippen molar-refractivity contribution in [3.8, 4) is 0 Å². The largest absolute Gasteiger partial charge is 0.656 e. The predicted octanol–water partition coefficient (Wildman–Crippen LogP) is -2.42. The molecule has 0 spiro atoms. The van der Waals surface area contributed by atoms with Crippen LogP contribution >= 0.6 is 0 Å². The first-order valence-electron chi connectivity index (χ1n) is 19.3. The number of rotatable bonds is 12. The van der Waals surface area contributed by atoms with Gasteiger partial charge in [-0.05, 0) is 60.7 Å². The molecule has 5 aliphatic rings. The fourth-order valence-corrected chi connectivity index (χ4v) is 11.2. The number of carboxylic acids is 4. The number of amides is 1. The van der Waals surface area contributed by atoms with E-state index in [1.165, 1.54) is 0 Å². The summed E-state index contributed by atoms with van der Waals surface area (Å²) in [6.45, 7) is 14.8. The number of carbonyl (C=O) groups excluding carboxylic acids is 5. The summed E-state index contributed by atoms with van der Waals surface area (Å²) in [5.41, 5.74) is 0. The molecule has 0 aromatic carbocycles. The number of carboxylic acid groups (broad SMARTS) is 4. The topological polar surface area (TPSA) is 240 Å². The lowest BCUT2D eigenvalue weighted by Gasteiger charge is -2.38. The highest BCUT2D eigenvalue weighted by atomic mass is 16.4. The minimum absolute atomic E-state index is 0.0175. The van der Waals surface area contributed by atoms with Crippen LogP contribution in [0.1, 0.15) is 86.0 Å². The minimum atomic E-state index is -1.86. The maximum absolute atomic E-state index is 13.7. The van der Waals surface area contributed by atoms with Gasteiger partial charge in [0.05, 0.1) is 12.0 Å². The van der Waals surface area contributed by atoms with E-state index in [2.05, 4.69) is 48.6 Å². The normalized spacial score (nSPS) is 43.4. The van der Waals surface area contributed by atoms with Crippen LogP contribution in [0.25, 0.3) is 5.32 Å². The fraction of sp³-hybridized carbons (Fsp3) is 0.816. The van der Waals surface area contributed by atoms with E-state index in [-0.39, 0.29) is 79.2 Å². The summed E-state index contributed by atoms with van der Waals surface area (Å²) < 4.78 is 0. The van der Waals surface area contributed by atoms with Crippen molar-refractivity contribution in [3.05, 3.63) is 18.0 Å². The average Bonchev–Trinajstić information content (AvgIpc) is 3.74. The molecule has 4 N–H and O–H groups in total. The quantitative estimate of drug-likeness (QED) is 0.154. The maximum Gasteiger partial charge on any atom is 0.220 e. The molecule has 5 saturated heterocycles. The van der Waals surface area contributed by atoms with Gasteiger partial charge >= 0.3 is 0 Å². The van der Waals surface area contributed by atoms with Gasteiger partial charge in [0.25, 0.3) is 0 Å². The molecule has 292 valence electrons. The average molecular weight is 727 g/mol. The van der Waals surface area contributed by atoms with Gasteiger partial charge in [-0.15, -0.1) is 18.7 Å². The summed E-state index contributed by atoms with van der Waals surface area (Å²) >= 11 is 0. The van der Waals surface area contributed by atoms with Gasteiger partial charge in [-0.2, -0.15) is 0 Å². The van der Waals surface area contributed by atoms with Crippen molar-refractivity contribution in [2.45, 2.75) is 140 Å². The first kappa shape index (κ1) is 40.1. The van der Waals surface area contributed by atoms with Crippen molar-refractivity contribution < 1.29 is 44.4 Å². The Kier molecular flexibility index (Phi) is 12.7. The molecule has 5 rings (SSSR count). The second-order valence-electron chi connectivity index (χ2n) is 16.6. The molecule has 18 atom stereocenters. The van der Waals surface area contributed by atoms with Gasteiger partial charge in [-0.1, -0.05) is 65.9 Å². The third-order valence-electron chi connectivity index (χ3n) is 14.0. The van der Waals surface area contributed by atoms with Gasteiger partial charge in [0.2, 0.25) is 5.91 Å². The minimum Gasteiger partial charge on any atom is -0.656 e. The molecule has 5 heterocycles. The van der Waals surface area contributed by atoms with E-state index in [4.69, 9.17) is 5.32 Å². The highest BCUT2D eigenvalue weighted by Crippen LogP contribution is 2.48. The van der Waals surface area contributed by atoms with Crippen LogP contribution < -0.4 is 41.7 Å². The third-order valence-corrected chi connectivity index (χ3v) is 14.0. The van der Waals surface area contributed by atoms with Gasteiger partial charge in [0.15, 0.2) is 0 Å². The Hall–Kier alpha value is -3.07. The summed E-state index contributed by atoms with van der Waals surface area (Å²) in [5, 5.41) is 66.8. The van der Waals surface area contributed by atoms with Gasteiger partial charge in [0.1, 0.15) is 0 Å². The molecule has 0 aliphatic carbocycles. The molecular formula is C38H56N5O9-5. The number of nitrogens with zero attached hydrogens (tertiary/aromatic N) is 1. The van der Waals surface area contributed by atoms with Crippen molar-refractivity contribution in [1.29, 1.82) is 0 Å². The van der Waals surface area contributed by atoms with Crippen molar-refractivity contribution in [2.75, 3.05) is 0 Å². The molecule has 5 fully saturated rings. The summed E-state index contributed by atoms with van der Waals surface area (Å²) in [4.78, 5) is 61.6. The molecule has 0 aromatic rings. The van der Waals surface area contributed by atoms with Crippen LogP contribution in [-0.4, -0.2) is 84.2 Å². The number of carbonyl (C=O) groups is 5. The molecule has 1 amide bonds. The van der Waals surface area contributed by atoms with Crippen LogP contribution in [0.2, 0.25) is 0 Å². The van der Waals surface area contributed by atoms with Crippen molar-refractivity contribution in [1.82, 2.24) is 21.3 Å². The smallest absolute Gasteiger partial charge is 0.220 e. The van der Waals surface area contributed by atoms with E-state index in [0.29, 0.717) is 24.7 Å². The van der Waals surface area contributed by atoms with Crippen molar-refractivity contribution in [2.24, 2.45) is 53.3 Å². The molecule has 0 saturated carbocycles. The Morgan fingerprint density at radius 3 is 1.98 bits per heavy atom. The Morgan fingerprint density at radius 1 is 0.769 bits per heavy atom. The number of hydrogen-bond donors (Lipinski definition) is 4. The van der Waals surface area contributed by atoms with E-state index >= 15 is 0 Å². The fourth-order valence-electron chi connectivity index (χ4n) is 11.2. The Balaban J connectivity index is 1.58. The van der Waals surface area contributed by atoms with Crippen LogP contribution in [0, 0.1) is 53.3 Å². The zero-order valence-corrected chi connectivity index (χ0v) is 31.0. The molecule has 8 bridgehead atoms. The molecule has 52 heavy (non-hydrogen) atoms. The van der Waals surface area contributed by atoms with Crippen LogP contribution in [0.5, 0.6) is 0 Å². The maximum atomic E-state index is 13.7. The van der Waals surface area contributed by atoms with Crippen LogP contribution in [0.3, 0.4) is 0 Å². The lowest BCUT2D eigenvalue weighted by atomic mass is 9.72.